The number of nitrogens with one attached hydrogen (secondary N) is 2. The quantitative estimate of drug-likeness (QED) is 0.679. The maximum atomic E-state index is 13.7. The molecule has 28 heavy (non-hydrogen) atoms. The van der Waals surface area contributed by atoms with Gasteiger partial charge >= 0.3 is 6.18 Å². The van der Waals surface area contributed by atoms with E-state index < -0.39 is 11.7 Å². The SMILES string of the molecule is CNCCN(C)Cc1c[nH]nc1-c1cnc(N(C)CC(C)C)c(C(F)(F)F)c1. The number of hydrogen-bond donors (Lipinski definition) is 2. The van der Waals surface area contributed by atoms with Gasteiger partial charge in [0.1, 0.15) is 5.82 Å². The Labute approximate surface area is 164 Å². The number of anilines is 1. The van der Waals surface area contributed by atoms with Crippen molar-refractivity contribution in [2.75, 3.05) is 45.7 Å². The number of aromatic amines is 1. The number of likely N-dealkylation sites (N-methyl/N-ethyl adjacent to an activating group) is 2. The molecule has 9 heteroatoms. The Morgan fingerprint density at radius 3 is 2.57 bits per heavy atom. The highest BCUT2D eigenvalue weighted by Crippen LogP contribution is 2.37. The standard InChI is InChI=1S/C19H29F3N6/c1-13(2)11-28(5)18-16(19(20,21)22)8-14(9-24-18)17-15(10-25-26-17)12-27(4)7-6-23-3/h8-10,13,23H,6-7,11-12H2,1-5H3,(H,25,26). The van der Waals surface area contributed by atoms with Gasteiger partial charge in [0.15, 0.2) is 0 Å². The number of rotatable bonds is 9. The summed E-state index contributed by atoms with van der Waals surface area (Å²) in [5.74, 6) is 0.159. The van der Waals surface area contributed by atoms with Gasteiger partial charge in [-0.25, -0.2) is 4.98 Å². The van der Waals surface area contributed by atoms with Gasteiger partial charge < -0.3 is 15.1 Å². The van der Waals surface area contributed by atoms with Crippen LogP contribution in [0.15, 0.2) is 18.5 Å². The van der Waals surface area contributed by atoms with E-state index >= 15 is 0 Å². The first kappa shape index (κ1) is 22.2. The topological polar surface area (TPSA) is 60.1 Å². The minimum absolute atomic E-state index is 0.0619. The van der Waals surface area contributed by atoms with Crippen molar-refractivity contribution in [3.05, 3.63) is 29.6 Å². The molecule has 0 aromatic carbocycles. The molecule has 0 aliphatic heterocycles. The van der Waals surface area contributed by atoms with E-state index in [0.29, 0.717) is 24.3 Å². The second-order valence-electron chi connectivity index (χ2n) is 7.47. The largest absolute Gasteiger partial charge is 0.419 e. The van der Waals surface area contributed by atoms with E-state index in [-0.39, 0.29) is 11.7 Å². The van der Waals surface area contributed by atoms with Gasteiger partial charge in [-0.2, -0.15) is 18.3 Å². The predicted molar refractivity (Wildman–Crippen MR) is 105 cm³/mol. The van der Waals surface area contributed by atoms with Crippen LogP contribution in [0.5, 0.6) is 0 Å². The first-order valence-electron chi connectivity index (χ1n) is 9.28. The number of aromatic nitrogens is 3. The summed E-state index contributed by atoms with van der Waals surface area (Å²) in [7, 11) is 5.46. The molecule has 2 aromatic heterocycles. The van der Waals surface area contributed by atoms with Crippen LogP contribution < -0.4 is 10.2 Å². The summed E-state index contributed by atoms with van der Waals surface area (Å²) in [5, 5.41) is 10.0. The van der Waals surface area contributed by atoms with Crippen molar-refractivity contribution in [1.29, 1.82) is 0 Å². The molecule has 2 heterocycles. The molecule has 0 bridgehead atoms. The molecular weight excluding hydrogens is 369 g/mol. The molecule has 0 unspecified atom stereocenters. The number of halogens is 3. The van der Waals surface area contributed by atoms with Crippen molar-refractivity contribution in [3.8, 4) is 11.3 Å². The first-order chi connectivity index (χ1) is 13.1. The van der Waals surface area contributed by atoms with Gasteiger partial charge in [-0.15, -0.1) is 0 Å². The summed E-state index contributed by atoms with van der Waals surface area (Å²) >= 11 is 0. The summed E-state index contributed by atoms with van der Waals surface area (Å²) in [6.45, 7) is 6.60. The highest BCUT2D eigenvalue weighted by Gasteiger charge is 2.36. The third kappa shape index (κ3) is 5.68. The molecule has 156 valence electrons. The molecule has 6 nitrogen and oxygen atoms in total. The number of nitrogens with zero attached hydrogens (tertiary/aromatic N) is 4. The van der Waals surface area contributed by atoms with E-state index in [1.54, 1.807) is 18.1 Å². The lowest BCUT2D eigenvalue weighted by Crippen LogP contribution is -2.27. The Hall–Kier alpha value is -2.13. The molecule has 0 fully saturated rings. The van der Waals surface area contributed by atoms with Gasteiger partial charge in [-0.05, 0) is 26.1 Å². The average Bonchev–Trinajstić information content (AvgIpc) is 3.06. The van der Waals surface area contributed by atoms with Crippen LogP contribution in [0.4, 0.5) is 19.0 Å². The molecule has 0 saturated carbocycles. The third-order valence-corrected chi connectivity index (χ3v) is 4.35. The summed E-state index contributed by atoms with van der Waals surface area (Å²) in [6, 6.07) is 1.15. The average molecular weight is 398 g/mol. The molecule has 2 rings (SSSR count). The van der Waals surface area contributed by atoms with E-state index in [1.807, 2.05) is 27.9 Å². The van der Waals surface area contributed by atoms with Crippen LogP contribution in [0.3, 0.4) is 0 Å². The van der Waals surface area contributed by atoms with Crippen molar-refractivity contribution in [1.82, 2.24) is 25.4 Å². The van der Waals surface area contributed by atoms with Gasteiger partial charge in [-0.3, -0.25) is 5.10 Å². The van der Waals surface area contributed by atoms with Crippen LogP contribution in [-0.2, 0) is 12.7 Å². The van der Waals surface area contributed by atoms with Crippen molar-refractivity contribution in [2.24, 2.45) is 5.92 Å². The van der Waals surface area contributed by atoms with Crippen LogP contribution >= 0.6 is 0 Å². The summed E-state index contributed by atoms with van der Waals surface area (Å²) in [6.07, 6.45) is -1.31. The zero-order chi connectivity index (χ0) is 20.9. The smallest absolute Gasteiger partial charge is 0.359 e. The maximum absolute atomic E-state index is 13.7. The monoisotopic (exact) mass is 398 g/mol. The molecule has 0 aliphatic rings. The Morgan fingerprint density at radius 1 is 1.25 bits per heavy atom. The van der Waals surface area contributed by atoms with Gasteiger partial charge in [0.05, 0.1) is 11.3 Å². The van der Waals surface area contributed by atoms with Gasteiger partial charge in [0.25, 0.3) is 0 Å². The lowest BCUT2D eigenvalue weighted by Gasteiger charge is -2.24. The lowest BCUT2D eigenvalue weighted by molar-refractivity contribution is -0.137. The van der Waals surface area contributed by atoms with E-state index in [4.69, 9.17) is 0 Å². The van der Waals surface area contributed by atoms with Crippen LogP contribution in [0.1, 0.15) is 25.0 Å². The van der Waals surface area contributed by atoms with Crippen LogP contribution in [0.2, 0.25) is 0 Å². The molecule has 0 aliphatic carbocycles. The minimum atomic E-state index is -4.50. The van der Waals surface area contributed by atoms with Gasteiger partial charge in [0.2, 0.25) is 0 Å². The Kier molecular flexibility index (Phi) is 7.42. The fourth-order valence-corrected chi connectivity index (χ4v) is 3.09. The Balaban J connectivity index is 2.37. The fourth-order valence-electron chi connectivity index (χ4n) is 3.09. The third-order valence-electron chi connectivity index (χ3n) is 4.35. The summed E-state index contributed by atoms with van der Waals surface area (Å²) < 4.78 is 41.1. The first-order valence-corrected chi connectivity index (χ1v) is 9.28. The lowest BCUT2D eigenvalue weighted by atomic mass is 10.1. The highest BCUT2D eigenvalue weighted by atomic mass is 19.4. The van der Waals surface area contributed by atoms with Crippen LogP contribution in [0.25, 0.3) is 11.3 Å². The highest BCUT2D eigenvalue weighted by molar-refractivity contribution is 5.66. The van der Waals surface area contributed by atoms with E-state index in [1.165, 1.54) is 6.20 Å². The van der Waals surface area contributed by atoms with Gasteiger partial charge in [-0.1, -0.05) is 13.8 Å². The second-order valence-corrected chi connectivity index (χ2v) is 7.47. The van der Waals surface area contributed by atoms with E-state index in [0.717, 1.165) is 24.7 Å². The Morgan fingerprint density at radius 2 is 1.96 bits per heavy atom. The molecule has 0 radical (unpaired) electrons. The molecule has 2 N–H and O–H groups in total. The molecule has 0 spiro atoms. The van der Waals surface area contributed by atoms with Crippen molar-refractivity contribution < 1.29 is 13.2 Å². The van der Waals surface area contributed by atoms with E-state index in [2.05, 4.69) is 25.4 Å². The molecule has 2 aromatic rings. The normalized spacial score (nSPS) is 12.2. The zero-order valence-electron chi connectivity index (χ0n) is 17.1. The summed E-state index contributed by atoms with van der Waals surface area (Å²) in [5.41, 5.74) is 0.933. The summed E-state index contributed by atoms with van der Waals surface area (Å²) in [4.78, 5) is 7.78. The minimum Gasteiger partial charge on any atom is -0.359 e. The van der Waals surface area contributed by atoms with Crippen molar-refractivity contribution in [2.45, 2.75) is 26.6 Å². The molecule has 0 atom stereocenters. The Bertz CT molecular complexity index is 756. The number of alkyl halides is 3. The zero-order valence-corrected chi connectivity index (χ0v) is 17.1. The maximum Gasteiger partial charge on any atom is 0.419 e. The van der Waals surface area contributed by atoms with Crippen LogP contribution in [0, 0.1) is 5.92 Å². The van der Waals surface area contributed by atoms with E-state index in [9.17, 15) is 13.2 Å². The number of hydrogen-bond acceptors (Lipinski definition) is 5. The molecule has 0 amide bonds. The van der Waals surface area contributed by atoms with Crippen molar-refractivity contribution >= 4 is 5.82 Å². The molecule has 0 saturated heterocycles. The van der Waals surface area contributed by atoms with Gasteiger partial charge in [0, 0.05) is 56.7 Å². The van der Waals surface area contributed by atoms with Crippen LogP contribution in [-0.4, -0.2) is 60.9 Å². The second kappa shape index (κ2) is 9.38. The number of pyridine rings is 1. The fraction of sp³-hybridized carbons (Fsp3) is 0.579. The van der Waals surface area contributed by atoms with Crippen molar-refractivity contribution in [3.63, 3.8) is 0 Å². The number of H-pyrrole nitrogens is 1. The molecular formula is C19H29F3N6. The predicted octanol–water partition coefficient (Wildman–Crippen LogP) is 3.23.